The Morgan fingerprint density at radius 2 is 1.86 bits per heavy atom. The molecule has 0 aromatic carbocycles. The fourth-order valence-electron chi connectivity index (χ4n) is 4.42. The number of pyridine rings is 1. The second-order valence-corrected chi connectivity index (χ2v) is 11.9. The van der Waals surface area contributed by atoms with Gasteiger partial charge < -0.3 is 10.2 Å². The van der Waals surface area contributed by atoms with Crippen LogP contribution in [-0.2, 0) is 10.0 Å². The van der Waals surface area contributed by atoms with Gasteiger partial charge in [-0.25, -0.2) is 22.2 Å². The van der Waals surface area contributed by atoms with Crippen LogP contribution in [0.4, 0.5) is 27.6 Å². The molecule has 2 N–H and O–H groups in total. The van der Waals surface area contributed by atoms with Crippen molar-refractivity contribution in [1.29, 1.82) is 0 Å². The lowest BCUT2D eigenvalue weighted by Crippen LogP contribution is -2.54. The summed E-state index contributed by atoms with van der Waals surface area (Å²) in [5, 5.41) is 10.2. The monoisotopic (exact) mass is 551 g/mol. The molecule has 2 atom stereocenters. The number of hydrogen-bond acceptors (Lipinski definition) is 8. The van der Waals surface area contributed by atoms with Crippen LogP contribution in [0, 0.1) is 0 Å². The standard InChI is InChI=1S/C20H22F5N7O2S2/c1-10-7-31(8-11(2)27-10)13-5-12(36(33,34)30-19(3-4-19)20(23,24)25)9-32-14(6-26-16(13)32)17-28-29-18(35-17)15(21)22/h5-6,9-11,15,27,30H,3-4,7-8H2,1-2H3/t10-,11-/m0/s1. The molecule has 0 unspecified atom stereocenters. The van der Waals surface area contributed by atoms with E-state index in [0.29, 0.717) is 35.8 Å². The van der Waals surface area contributed by atoms with Crippen molar-refractivity contribution >= 4 is 32.7 Å². The fraction of sp³-hybridized carbons (Fsp3) is 0.550. The number of imidazole rings is 1. The average molecular weight is 552 g/mol. The first-order chi connectivity index (χ1) is 16.8. The highest BCUT2D eigenvalue weighted by atomic mass is 32.2. The maximum atomic E-state index is 13.5. The van der Waals surface area contributed by atoms with Crippen LogP contribution in [0.5, 0.6) is 0 Å². The zero-order chi connectivity index (χ0) is 26.0. The van der Waals surface area contributed by atoms with E-state index < -0.39 is 38.1 Å². The number of nitrogens with zero attached hydrogens (tertiary/aromatic N) is 5. The highest BCUT2D eigenvalue weighted by Gasteiger charge is 2.65. The molecular weight excluding hydrogens is 529 g/mol. The molecule has 1 aliphatic carbocycles. The van der Waals surface area contributed by atoms with Gasteiger partial charge >= 0.3 is 6.18 Å². The number of anilines is 1. The van der Waals surface area contributed by atoms with Crippen molar-refractivity contribution in [2.45, 2.75) is 61.8 Å². The summed E-state index contributed by atoms with van der Waals surface area (Å²) in [6, 6.07) is 1.38. The lowest BCUT2D eigenvalue weighted by Gasteiger charge is -2.37. The minimum Gasteiger partial charge on any atom is -0.365 e. The van der Waals surface area contributed by atoms with Gasteiger partial charge in [0.05, 0.1) is 11.9 Å². The Morgan fingerprint density at radius 1 is 1.19 bits per heavy atom. The number of halogens is 5. The fourth-order valence-corrected chi connectivity index (χ4v) is 6.59. The molecule has 3 aromatic rings. The number of piperazine rings is 1. The Morgan fingerprint density at radius 3 is 2.42 bits per heavy atom. The molecule has 4 heterocycles. The number of fused-ring (bicyclic) bond motifs is 1. The third-order valence-corrected chi connectivity index (χ3v) is 8.69. The number of nitrogens with one attached hydrogen (secondary N) is 2. The predicted molar refractivity (Wildman–Crippen MR) is 122 cm³/mol. The second kappa shape index (κ2) is 8.56. The van der Waals surface area contributed by atoms with Crippen molar-refractivity contribution < 1.29 is 30.4 Å². The van der Waals surface area contributed by atoms with Gasteiger partial charge in [0.15, 0.2) is 15.7 Å². The summed E-state index contributed by atoms with van der Waals surface area (Å²) < 4.78 is 96.3. The summed E-state index contributed by atoms with van der Waals surface area (Å²) in [6.07, 6.45) is -5.80. The first-order valence-corrected chi connectivity index (χ1v) is 13.3. The molecule has 0 amide bonds. The van der Waals surface area contributed by atoms with Gasteiger partial charge in [-0.3, -0.25) is 4.40 Å². The van der Waals surface area contributed by atoms with Crippen molar-refractivity contribution in [2.24, 2.45) is 0 Å². The highest BCUT2D eigenvalue weighted by Crippen LogP contribution is 2.50. The second-order valence-electron chi connectivity index (χ2n) is 9.20. The van der Waals surface area contributed by atoms with Crippen molar-refractivity contribution in [3.63, 3.8) is 0 Å². The average Bonchev–Trinajstić information content (AvgIpc) is 3.20. The topological polar surface area (TPSA) is 105 Å². The minimum atomic E-state index is -4.74. The summed E-state index contributed by atoms with van der Waals surface area (Å²) in [7, 11) is -4.62. The SMILES string of the molecule is C[C@H]1CN(c2cc(S(=O)(=O)NC3(C(F)(F)F)CC3)cn3c(-c4nnc(C(F)F)s4)cnc23)C[C@H](C)N1. The van der Waals surface area contributed by atoms with Crippen molar-refractivity contribution in [3.05, 3.63) is 23.5 Å². The summed E-state index contributed by atoms with van der Waals surface area (Å²) in [5.74, 6) is 0. The molecule has 0 spiro atoms. The van der Waals surface area contributed by atoms with Gasteiger partial charge in [0, 0.05) is 31.4 Å². The molecule has 0 radical (unpaired) electrons. The van der Waals surface area contributed by atoms with Crippen LogP contribution in [0.3, 0.4) is 0 Å². The Hall–Kier alpha value is -2.43. The number of sulfonamides is 1. The molecule has 16 heteroatoms. The van der Waals surface area contributed by atoms with Crippen LogP contribution in [-0.4, -0.2) is 64.9 Å². The molecule has 9 nitrogen and oxygen atoms in total. The minimum absolute atomic E-state index is 0.0401. The molecule has 196 valence electrons. The quantitative estimate of drug-likeness (QED) is 0.453. The number of hydrogen-bond donors (Lipinski definition) is 2. The lowest BCUT2D eigenvalue weighted by molar-refractivity contribution is -0.160. The van der Waals surface area contributed by atoms with E-state index in [0.717, 1.165) is 6.20 Å². The van der Waals surface area contributed by atoms with Gasteiger partial charge in [-0.2, -0.15) is 17.9 Å². The maximum Gasteiger partial charge on any atom is 0.407 e. The van der Waals surface area contributed by atoms with Crippen molar-refractivity contribution in [1.82, 2.24) is 29.6 Å². The van der Waals surface area contributed by atoms with Crippen LogP contribution >= 0.6 is 11.3 Å². The van der Waals surface area contributed by atoms with E-state index in [-0.39, 0.29) is 35.6 Å². The van der Waals surface area contributed by atoms with Crippen LogP contribution in [0.25, 0.3) is 16.3 Å². The van der Waals surface area contributed by atoms with Crippen LogP contribution in [0.2, 0.25) is 0 Å². The molecule has 36 heavy (non-hydrogen) atoms. The third kappa shape index (κ3) is 4.43. The largest absolute Gasteiger partial charge is 0.407 e. The van der Waals surface area contributed by atoms with E-state index in [1.54, 1.807) is 0 Å². The molecule has 0 bridgehead atoms. The van der Waals surface area contributed by atoms with E-state index in [1.165, 1.54) is 16.7 Å². The van der Waals surface area contributed by atoms with Crippen LogP contribution in [0.15, 0.2) is 23.4 Å². The first-order valence-electron chi connectivity index (χ1n) is 11.0. The lowest BCUT2D eigenvalue weighted by atomic mass is 10.1. The van der Waals surface area contributed by atoms with Gasteiger partial charge in [0.1, 0.15) is 16.1 Å². The molecule has 2 aliphatic rings. The van der Waals surface area contributed by atoms with Gasteiger partial charge in [0.2, 0.25) is 10.0 Å². The third-order valence-electron chi connectivity index (χ3n) is 6.24. The molecule has 5 rings (SSSR count). The zero-order valence-electron chi connectivity index (χ0n) is 19.1. The summed E-state index contributed by atoms with van der Waals surface area (Å²) >= 11 is 0.622. The zero-order valence-corrected chi connectivity index (χ0v) is 20.7. The molecular formula is C20H22F5N7O2S2. The number of aromatic nitrogens is 4. The van der Waals surface area contributed by atoms with Gasteiger partial charge in [-0.05, 0) is 32.8 Å². The number of alkyl halides is 5. The van der Waals surface area contributed by atoms with E-state index >= 15 is 0 Å². The molecule has 1 aliphatic heterocycles. The maximum absolute atomic E-state index is 13.5. The smallest absolute Gasteiger partial charge is 0.365 e. The van der Waals surface area contributed by atoms with Crippen LogP contribution < -0.4 is 14.9 Å². The summed E-state index contributed by atoms with van der Waals surface area (Å²) in [5.41, 5.74) is -1.60. The molecule has 2 fully saturated rings. The highest BCUT2D eigenvalue weighted by molar-refractivity contribution is 7.89. The molecule has 1 saturated carbocycles. The van der Waals surface area contributed by atoms with Gasteiger partial charge in [0.25, 0.3) is 6.43 Å². The molecule has 3 aromatic heterocycles. The predicted octanol–water partition coefficient (Wildman–Crippen LogP) is 3.35. The Balaban J connectivity index is 1.65. The van der Waals surface area contributed by atoms with Crippen molar-refractivity contribution in [2.75, 3.05) is 18.0 Å². The summed E-state index contributed by atoms with van der Waals surface area (Å²) in [4.78, 5) is 5.88. The van der Waals surface area contributed by atoms with Crippen molar-refractivity contribution in [3.8, 4) is 10.7 Å². The van der Waals surface area contributed by atoms with E-state index in [2.05, 4.69) is 20.5 Å². The normalized spacial score (nSPS) is 22.5. The Kier molecular flexibility index (Phi) is 6.00. The first kappa shape index (κ1) is 25.2. The van der Waals surface area contributed by atoms with Crippen LogP contribution in [0.1, 0.15) is 38.1 Å². The Labute approximate surface area is 206 Å². The summed E-state index contributed by atoms with van der Waals surface area (Å²) in [6.45, 7) is 4.87. The van der Waals surface area contributed by atoms with E-state index in [9.17, 15) is 30.4 Å². The van der Waals surface area contributed by atoms with E-state index in [1.807, 2.05) is 23.5 Å². The van der Waals surface area contributed by atoms with Gasteiger partial charge in [-0.15, -0.1) is 10.2 Å². The van der Waals surface area contributed by atoms with Gasteiger partial charge in [-0.1, -0.05) is 11.3 Å². The Bertz CT molecular complexity index is 1390. The number of rotatable bonds is 6. The molecule has 1 saturated heterocycles. The van der Waals surface area contributed by atoms with E-state index in [4.69, 9.17) is 0 Å².